The lowest BCUT2D eigenvalue weighted by atomic mass is 10.1. The summed E-state index contributed by atoms with van der Waals surface area (Å²) in [5.41, 5.74) is 1.40. The number of nitrogens with zero attached hydrogens (tertiary/aromatic N) is 2. The van der Waals surface area contributed by atoms with Gasteiger partial charge < -0.3 is 9.64 Å². The summed E-state index contributed by atoms with van der Waals surface area (Å²) >= 11 is 13.7. The van der Waals surface area contributed by atoms with Gasteiger partial charge in [-0.3, -0.25) is 4.79 Å². The van der Waals surface area contributed by atoms with Gasteiger partial charge in [-0.2, -0.15) is 4.99 Å². The highest BCUT2D eigenvalue weighted by atomic mass is 35.5. The van der Waals surface area contributed by atoms with Gasteiger partial charge in [0, 0.05) is 10.3 Å². The maximum Gasteiger partial charge on any atom is 0.252 e. The van der Waals surface area contributed by atoms with Crippen LogP contribution in [0, 0.1) is 0 Å². The summed E-state index contributed by atoms with van der Waals surface area (Å²) in [6, 6.07) is 11.9. The van der Waals surface area contributed by atoms with Crippen LogP contribution in [0.4, 0.5) is 5.69 Å². The number of methoxy groups -OCH3 is 1. The molecular weight excluding hydrogens is 467 g/mol. The Hall–Kier alpha value is -1.74. The third-order valence-electron chi connectivity index (χ3n) is 4.97. The maximum absolute atomic E-state index is 12.7. The van der Waals surface area contributed by atoms with E-state index in [-0.39, 0.29) is 35.1 Å². The first-order chi connectivity index (χ1) is 14.3. The maximum atomic E-state index is 12.7. The molecule has 2 aromatic carbocycles. The number of fused-ring (bicyclic) bond motifs is 1. The molecule has 0 aromatic heterocycles. The number of aliphatic imine (C=N–C) groups is 1. The third-order valence-corrected chi connectivity index (χ3v) is 8.72. The van der Waals surface area contributed by atoms with E-state index in [1.807, 2.05) is 12.1 Å². The van der Waals surface area contributed by atoms with Crippen molar-refractivity contribution >= 4 is 61.6 Å². The number of rotatable bonds is 4. The van der Waals surface area contributed by atoms with Crippen molar-refractivity contribution in [2.75, 3.05) is 23.5 Å². The summed E-state index contributed by atoms with van der Waals surface area (Å²) in [6.07, 6.45) is 0.129. The molecule has 2 aliphatic heterocycles. The Morgan fingerprint density at radius 1 is 1.20 bits per heavy atom. The highest BCUT2D eigenvalue weighted by molar-refractivity contribution is 8.16. The molecular formula is C20H18Cl2N2O4S2. The summed E-state index contributed by atoms with van der Waals surface area (Å²) in [5.74, 6) is 0.437. The van der Waals surface area contributed by atoms with Crippen molar-refractivity contribution in [1.82, 2.24) is 0 Å². The van der Waals surface area contributed by atoms with Crippen LogP contribution in [-0.4, -0.2) is 49.4 Å². The molecule has 0 saturated carbocycles. The van der Waals surface area contributed by atoms with Crippen molar-refractivity contribution in [2.24, 2.45) is 4.99 Å². The Balaban J connectivity index is 1.63. The zero-order chi connectivity index (χ0) is 21.5. The van der Waals surface area contributed by atoms with Gasteiger partial charge >= 0.3 is 0 Å². The molecule has 2 heterocycles. The van der Waals surface area contributed by atoms with E-state index in [1.165, 1.54) is 11.8 Å². The van der Waals surface area contributed by atoms with E-state index in [0.29, 0.717) is 26.6 Å². The third kappa shape index (κ3) is 4.46. The number of benzene rings is 2. The molecule has 0 aliphatic carbocycles. The van der Waals surface area contributed by atoms with Gasteiger partial charge in [0.1, 0.15) is 5.75 Å². The average Bonchev–Trinajstić information content (AvgIpc) is 3.13. The van der Waals surface area contributed by atoms with Gasteiger partial charge in [0.2, 0.25) is 0 Å². The van der Waals surface area contributed by atoms with Crippen LogP contribution >= 0.6 is 35.0 Å². The first-order valence-electron chi connectivity index (χ1n) is 9.11. The van der Waals surface area contributed by atoms with E-state index >= 15 is 0 Å². The predicted octanol–water partition coefficient (Wildman–Crippen LogP) is 3.85. The number of hydrogen-bond acceptors (Lipinski definition) is 5. The van der Waals surface area contributed by atoms with Crippen LogP contribution in [0.15, 0.2) is 47.5 Å². The fourth-order valence-corrected chi connectivity index (χ4v) is 8.01. The summed E-state index contributed by atoms with van der Waals surface area (Å²) < 4.78 is 29.5. The highest BCUT2D eigenvalue weighted by Crippen LogP contribution is 2.43. The number of carbonyl (C=O) groups is 1. The van der Waals surface area contributed by atoms with E-state index in [0.717, 1.165) is 5.56 Å². The van der Waals surface area contributed by atoms with Crippen LogP contribution in [0.1, 0.15) is 5.56 Å². The number of thioether (sulfide) groups is 1. The second-order valence-electron chi connectivity index (χ2n) is 7.08. The van der Waals surface area contributed by atoms with E-state index in [2.05, 4.69) is 4.99 Å². The number of hydrogen-bond donors (Lipinski definition) is 0. The molecule has 158 valence electrons. The zero-order valence-electron chi connectivity index (χ0n) is 15.9. The zero-order valence-corrected chi connectivity index (χ0v) is 19.1. The molecule has 0 N–H and O–H groups in total. The number of ether oxygens (including phenoxy) is 1. The fraction of sp³-hybridized carbons (Fsp3) is 0.300. The van der Waals surface area contributed by atoms with Crippen LogP contribution < -0.4 is 9.64 Å². The lowest BCUT2D eigenvalue weighted by Crippen LogP contribution is -2.38. The molecule has 2 fully saturated rings. The molecule has 30 heavy (non-hydrogen) atoms. The van der Waals surface area contributed by atoms with Crippen molar-refractivity contribution in [3.63, 3.8) is 0 Å². The van der Waals surface area contributed by atoms with Gasteiger partial charge in [-0.1, -0.05) is 47.1 Å². The Morgan fingerprint density at radius 2 is 1.93 bits per heavy atom. The largest absolute Gasteiger partial charge is 0.497 e. The highest BCUT2D eigenvalue weighted by Gasteiger charge is 2.49. The molecule has 0 spiro atoms. The summed E-state index contributed by atoms with van der Waals surface area (Å²) in [6.45, 7) is 0. The van der Waals surface area contributed by atoms with Gasteiger partial charge in [-0.05, 0) is 35.9 Å². The van der Waals surface area contributed by atoms with E-state index in [1.54, 1.807) is 42.3 Å². The molecule has 2 saturated heterocycles. The Labute approximate surface area is 189 Å². The smallest absolute Gasteiger partial charge is 0.252 e. The molecule has 0 bridgehead atoms. The summed E-state index contributed by atoms with van der Waals surface area (Å²) in [4.78, 5) is 18.7. The first kappa shape index (κ1) is 21.5. The summed E-state index contributed by atoms with van der Waals surface area (Å²) in [7, 11) is -1.58. The van der Waals surface area contributed by atoms with Gasteiger partial charge in [0.15, 0.2) is 15.0 Å². The molecule has 1 amide bonds. The standard InChI is InChI=1S/C20H18Cl2N2O4S2/c1-28-14-5-2-12(3-6-14)8-19(25)23-20-24(16-7-4-13(21)9-15(16)22)17-10-30(26,27)11-18(17)29-20/h2-7,9,17-18H,8,10-11H2,1H3/t17-,18-/m0/s1. The van der Waals surface area contributed by atoms with Gasteiger partial charge in [-0.25, -0.2) is 8.42 Å². The topological polar surface area (TPSA) is 76.0 Å². The molecule has 0 unspecified atom stereocenters. The number of carbonyl (C=O) groups excluding carboxylic acids is 1. The Morgan fingerprint density at radius 3 is 2.60 bits per heavy atom. The van der Waals surface area contributed by atoms with Crippen molar-refractivity contribution < 1.29 is 17.9 Å². The van der Waals surface area contributed by atoms with Crippen molar-refractivity contribution in [1.29, 1.82) is 0 Å². The first-order valence-corrected chi connectivity index (χ1v) is 12.6. The normalized spacial score (nSPS) is 23.6. The van der Waals surface area contributed by atoms with E-state index < -0.39 is 9.84 Å². The van der Waals surface area contributed by atoms with Crippen molar-refractivity contribution in [2.45, 2.75) is 17.7 Å². The lowest BCUT2D eigenvalue weighted by Gasteiger charge is -2.25. The minimum atomic E-state index is -3.16. The lowest BCUT2D eigenvalue weighted by molar-refractivity contribution is -0.117. The van der Waals surface area contributed by atoms with Crippen molar-refractivity contribution in [3.8, 4) is 5.75 Å². The van der Waals surface area contributed by atoms with Crippen LogP contribution in [0.2, 0.25) is 10.0 Å². The molecule has 10 heteroatoms. The van der Waals surface area contributed by atoms with Crippen LogP contribution in [0.3, 0.4) is 0 Å². The fourth-order valence-electron chi connectivity index (χ4n) is 3.59. The quantitative estimate of drug-likeness (QED) is 0.655. The second-order valence-corrected chi connectivity index (χ2v) is 11.3. The van der Waals surface area contributed by atoms with Gasteiger partial charge in [-0.15, -0.1) is 0 Å². The minimum Gasteiger partial charge on any atom is -0.497 e. The molecule has 2 aromatic rings. The molecule has 4 rings (SSSR count). The van der Waals surface area contributed by atoms with E-state index in [9.17, 15) is 13.2 Å². The number of amides is 1. The van der Waals surface area contributed by atoms with Crippen LogP contribution in [0.25, 0.3) is 0 Å². The number of sulfone groups is 1. The Kier molecular flexibility index (Phi) is 6.03. The van der Waals surface area contributed by atoms with E-state index in [4.69, 9.17) is 27.9 Å². The van der Waals surface area contributed by atoms with Crippen molar-refractivity contribution in [3.05, 3.63) is 58.1 Å². The Bertz CT molecular complexity index is 1120. The summed E-state index contributed by atoms with van der Waals surface area (Å²) in [5, 5.41) is 1.11. The number of anilines is 1. The number of halogens is 2. The second kappa shape index (κ2) is 8.42. The monoisotopic (exact) mass is 484 g/mol. The molecule has 6 nitrogen and oxygen atoms in total. The van der Waals surface area contributed by atoms with Gasteiger partial charge in [0.25, 0.3) is 5.91 Å². The predicted molar refractivity (Wildman–Crippen MR) is 122 cm³/mol. The average molecular weight is 485 g/mol. The van der Waals surface area contributed by atoms with Gasteiger partial charge in [0.05, 0.1) is 41.8 Å². The molecule has 2 aliphatic rings. The molecule has 2 atom stereocenters. The minimum absolute atomic E-state index is 0.00465. The molecule has 0 radical (unpaired) electrons. The number of amidine groups is 1. The SMILES string of the molecule is COc1ccc(CC(=O)N=C2S[C@H]3CS(=O)(=O)C[C@@H]3N2c2ccc(Cl)cc2Cl)cc1. The van der Waals surface area contributed by atoms with Crippen LogP contribution in [0.5, 0.6) is 5.75 Å². The van der Waals surface area contributed by atoms with Crippen LogP contribution in [-0.2, 0) is 21.1 Å².